The molecule has 0 bridgehead atoms. The molecular weight excluding hydrogens is 170 g/mol. The summed E-state index contributed by atoms with van der Waals surface area (Å²) in [4.78, 5) is 21.5. The number of rotatable bonds is 4. The fourth-order valence-corrected chi connectivity index (χ4v) is 0.541. The first-order chi connectivity index (χ1) is 5.99. The molecule has 0 unspecified atom stereocenters. The van der Waals surface area contributed by atoms with Crippen LogP contribution in [0.3, 0.4) is 0 Å². The minimum absolute atomic E-state index is 0.273. The summed E-state index contributed by atoms with van der Waals surface area (Å²) in [7, 11) is 0. The summed E-state index contributed by atoms with van der Waals surface area (Å²) >= 11 is 0. The van der Waals surface area contributed by atoms with E-state index >= 15 is 0 Å². The molecule has 72 valence electrons. The van der Waals surface area contributed by atoms with Crippen LogP contribution in [-0.4, -0.2) is 11.9 Å². The topological polar surface area (TPSA) is 69.4 Å². The zero-order valence-corrected chi connectivity index (χ0v) is 7.79. The Hall–Kier alpha value is -1.58. The molecule has 0 saturated heterocycles. The summed E-state index contributed by atoms with van der Waals surface area (Å²) in [5, 5.41) is 0. The van der Waals surface area contributed by atoms with Gasteiger partial charge in [-0.1, -0.05) is 13.5 Å². The summed E-state index contributed by atoms with van der Waals surface area (Å²) in [6, 6.07) is 0. The number of hydrogen-bond donors (Lipinski definition) is 1. The molecule has 0 aliphatic carbocycles. The van der Waals surface area contributed by atoms with Gasteiger partial charge in [-0.15, -0.1) is 0 Å². The van der Waals surface area contributed by atoms with Crippen molar-refractivity contribution < 1.29 is 14.3 Å². The normalized spacial score (nSPS) is 10.8. The van der Waals surface area contributed by atoms with E-state index in [-0.39, 0.29) is 11.1 Å². The molecule has 0 radical (unpaired) electrons. The van der Waals surface area contributed by atoms with E-state index in [1.54, 1.807) is 6.92 Å². The molecule has 0 aromatic carbocycles. The van der Waals surface area contributed by atoms with Crippen molar-refractivity contribution >= 4 is 11.9 Å². The number of ether oxygens (including phenoxy) is 1. The zero-order valence-electron chi connectivity index (χ0n) is 7.79. The maximum atomic E-state index is 10.9. The molecule has 0 aliphatic heterocycles. The van der Waals surface area contributed by atoms with Crippen molar-refractivity contribution in [1.29, 1.82) is 0 Å². The van der Waals surface area contributed by atoms with Gasteiger partial charge in [0.2, 0.25) is 5.91 Å². The lowest BCUT2D eigenvalue weighted by Gasteiger charge is -2.00. The second-order valence-electron chi connectivity index (χ2n) is 2.55. The molecule has 0 rings (SSSR count). The van der Waals surface area contributed by atoms with Crippen molar-refractivity contribution in [3.63, 3.8) is 0 Å². The van der Waals surface area contributed by atoms with Crippen molar-refractivity contribution in [2.24, 2.45) is 5.73 Å². The van der Waals surface area contributed by atoms with Gasteiger partial charge in [0.05, 0.1) is 5.57 Å². The van der Waals surface area contributed by atoms with Crippen LogP contribution in [0.15, 0.2) is 24.0 Å². The molecule has 0 fully saturated rings. The Balaban J connectivity index is 4.31. The fraction of sp³-hybridized carbons (Fsp3) is 0.333. The maximum Gasteiger partial charge on any atom is 0.337 e. The van der Waals surface area contributed by atoms with Crippen LogP contribution >= 0.6 is 0 Å². The standard InChI is InChI=1S/C9H13NO3/c1-4-7(8(10)11)5-13-9(12)6(2)3/h5H,2,4H2,1,3H3,(H2,10,11). The van der Waals surface area contributed by atoms with Gasteiger partial charge in [0, 0.05) is 5.57 Å². The first-order valence-corrected chi connectivity index (χ1v) is 3.84. The quantitative estimate of drug-likeness (QED) is 0.399. The molecule has 0 spiro atoms. The van der Waals surface area contributed by atoms with Gasteiger partial charge in [0.15, 0.2) is 0 Å². The van der Waals surface area contributed by atoms with Crippen LogP contribution in [0.5, 0.6) is 0 Å². The molecule has 4 heteroatoms. The molecular formula is C9H13NO3. The molecule has 0 aromatic heterocycles. The minimum atomic E-state index is -0.586. The second kappa shape index (κ2) is 5.13. The van der Waals surface area contributed by atoms with Crippen LogP contribution in [0.4, 0.5) is 0 Å². The number of primary amides is 1. The highest BCUT2D eigenvalue weighted by atomic mass is 16.5. The highest BCUT2D eigenvalue weighted by Crippen LogP contribution is 2.01. The molecule has 4 nitrogen and oxygen atoms in total. The Morgan fingerprint density at radius 2 is 2.08 bits per heavy atom. The maximum absolute atomic E-state index is 10.9. The number of amides is 1. The van der Waals surface area contributed by atoms with Crippen LogP contribution in [0, 0.1) is 0 Å². The van der Waals surface area contributed by atoms with Crippen LogP contribution in [-0.2, 0) is 14.3 Å². The third kappa shape index (κ3) is 4.10. The third-order valence-electron chi connectivity index (χ3n) is 1.35. The lowest BCUT2D eigenvalue weighted by Crippen LogP contribution is -2.14. The molecule has 13 heavy (non-hydrogen) atoms. The average molecular weight is 183 g/mol. The number of carbonyl (C=O) groups excluding carboxylic acids is 2. The first kappa shape index (κ1) is 11.4. The molecule has 0 saturated carbocycles. The van der Waals surface area contributed by atoms with E-state index in [1.165, 1.54) is 6.92 Å². The van der Waals surface area contributed by atoms with Gasteiger partial charge in [0.25, 0.3) is 0 Å². The minimum Gasteiger partial charge on any atom is -0.431 e. The molecule has 1 amide bonds. The summed E-state index contributed by atoms with van der Waals surface area (Å²) in [6.45, 7) is 6.64. The first-order valence-electron chi connectivity index (χ1n) is 3.84. The third-order valence-corrected chi connectivity index (χ3v) is 1.35. The Morgan fingerprint density at radius 1 is 1.54 bits per heavy atom. The SMILES string of the molecule is C=C(C)C(=O)OC=C(CC)C(N)=O. The number of esters is 1. The van der Waals surface area contributed by atoms with E-state index in [0.29, 0.717) is 6.42 Å². The van der Waals surface area contributed by atoms with Crippen molar-refractivity contribution in [1.82, 2.24) is 0 Å². The monoisotopic (exact) mass is 183 g/mol. The molecule has 0 atom stereocenters. The van der Waals surface area contributed by atoms with E-state index < -0.39 is 11.9 Å². The average Bonchev–Trinajstić information content (AvgIpc) is 2.04. The second-order valence-corrected chi connectivity index (χ2v) is 2.55. The van der Waals surface area contributed by atoms with E-state index in [0.717, 1.165) is 6.26 Å². The Kier molecular flexibility index (Phi) is 4.51. The lowest BCUT2D eigenvalue weighted by atomic mass is 10.2. The Bertz CT molecular complexity index is 266. The van der Waals surface area contributed by atoms with E-state index in [1.807, 2.05) is 0 Å². The summed E-state index contributed by atoms with van der Waals surface area (Å²) in [5.41, 5.74) is 5.54. The summed E-state index contributed by atoms with van der Waals surface area (Å²) < 4.78 is 4.62. The van der Waals surface area contributed by atoms with Crippen molar-refractivity contribution in [3.8, 4) is 0 Å². The van der Waals surface area contributed by atoms with Gasteiger partial charge in [0.1, 0.15) is 6.26 Å². The molecule has 0 heterocycles. The number of nitrogens with two attached hydrogens (primary N) is 1. The molecule has 0 aliphatic rings. The van der Waals surface area contributed by atoms with Crippen LogP contribution in [0.2, 0.25) is 0 Å². The van der Waals surface area contributed by atoms with E-state index in [2.05, 4.69) is 11.3 Å². The molecule has 0 aromatic rings. The predicted octanol–water partition coefficient (Wildman–Crippen LogP) is 0.885. The van der Waals surface area contributed by atoms with Gasteiger partial charge >= 0.3 is 5.97 Å². The highest BCUT2D eigenvalue weighted by molar-refractivity contribution is 5.92. The van der Waals surface area contributed by atoms with Gasteiger partial charge in [-0.2, -0.15) is 0 Å². The van der Waals surface area contributed by atoms with Gasteiger partial charge in [-0.05, 0) is 13.3 Å². The van der Waals surface area contributed by atoms with Crippen molar-refractivity contribution in [3.05, 3.63) is 24.0 Å². The largest absolute Gasteiger partial charge is 0.431 e. The fourth-order valence-electron chi connectivity index (χ4n) is 0.541. The zero-order chi connectivity index (χ0) is 10.4. The van der Waals surface area contributed by atoms with Gasteiger partial charge in [-0.25, -0.2) is 4.79 Å². The summed E-state index contributed by atoms with van der Waals surface area (Å²) in [5.74, 6) is -1.15. The number of hydrogen-bond acceptors (Lipinski definition) is 3. The Labute approximate surface area is 77.1 Å². The highest BCUT2D eigenvalue weighted by Gasteiger charge is 2.05. The van der Waals surface area contributed by atoms with Crippen LogP contribution in [0.1, 0.15) is 20.3 Å². The van der Waals surface area contributed by atoms with E-state index in [9.17, 15) is 9.59 Å². The van der Waals surface area contributed by atoms with Crippen molar-refractivity contribution in [2.75, 3.05) is 0 Å². The van der Waals surface area contributed by atoms with Crippen molar-refractivity contribution in [2.45, 2.75) is 20.3 Å². The van der Waals surface area contributed by atoms with E-state index in [4.69, 9.17) is 5.73 Å². The predicted molar refractivity (Wildman–Crippen MR) is 48.5 cm³/mol. The lowest BCUT2D eigenvalue weighted by molar-refractivity contribution is -0.133. The van der Waals surface area contributed by atoms with Gasteiger partial charge < -0.3 is 10.5 Å². The van der Waals surface area contributed by atoms with Crippen LogP contribution < -0.4 is 5.73 Å². The molecule has 2 N–H and O–H groups in total. The Morgan fingerprint density at radius 3 is 2.38 bits per heavy atom. The summed E-state index contributed by atoms with van der Waals surface area (Å²) in [6.07, 6.45) is 1.50. The smallest absolute Gasteiger partial charge is 0.337 e. The van der Waals surface area contributed by atoms with Gasteiger partial charge in [-0.3, -0.25) is 4.79 Å². The number of carbonyl (C=O) groups is 2. The van der Waals surface area contributed by atoms with Crippen LogP contribution in [0.25, 0.3) is 0 Å².